The van der Waals surface area contributed by atoms with Crippen molar-refractivity contribution in [3.63, 3.8) is 0 Å². The molecule has 4 N–H and O–H groups in total. The van der Waals surface area contributed by atoms with Crippen molar-refractivity contribution >= 4 is 52.2 Å². The number of rotatable bonds is 9. The van der Waals surface area contributed by atoms with Gasteiger partial charge in [0.05, 0.1) is 16.8 Å². The molecule has 2 atom stereocenters. The van der Waals surface area contributed by atoms with Crippen LogP contribution in [0.2, 0.25) is 5.02 Å². The molecule has 2 fully saturated rings. The molecule has 43 heavy (non-hydrogen) atoms. The quantitative estimate of drug-likeness (QED) is 0.285. The summed E-state index contributed by atoms with van der Waals surface area (Å²) in [6.45, 7) is 2.81. The monoisotopic (exact) mass is 627 g/mol. The summed E-state index contributed by atoms with van der Waals surface area (Å²) in [5.74, 6) is -2.26. The highest BCUT2D eigenvalue weighted by Gasteiger charge is 2.37. The van der Waals surface area contributed by atoms with Crippen LogP contribution in [0.4, 0.5) is 15.8 Å². The van der Waals surface area contributed by atoms with Gasteiger partial charge in [0.1, 0.15) is 16.7 Å². The van der Waals surface area contributed by atoms with Crippen LogP contribution in [-0.2, 0) is 9.53 Å². The molecule has 3 aromatic rings. The molecular formula is C31H35ClFN5O4S. The van der Waals surface area contributed by atoms with Crippen molar-refractivity contribution < 1.29 is 23.5 Å². The Morgan fingerprint density at radius 2 is 1.86 bits per heavy atom. The number of anilines is 2. The first kappa shape index (κ1) is 30.9. The van der Waals surface area contributed by atoms with Gasteiger partial charge in [0.15, 0.2) is 5.69 Å². The average molecular weight is 628 g/mol. The van der Waals surface area contributed by atoms with Crippen LogP contribution in [0.15, 0.2) is 42.5 Å². The van der Waals surface area contributed by atoms with Crippen molar-refractivity contribution in [1.29, 1.82) is 0 Å². The minimum absolute atomic E-state index is 0.0155. The number of amides is 3. The molecule has 1 aromatic heterocycles. The van der Waals surface area contributed by atoms with Crippen LogP contribution in [0, 0.1) is 12.7 Å². The Hall–Kier alpha value is -3.54. The summed E-state index contributed by atoms with van der Waals surface area (Å²) in [6, 6.07) is 9.84. The number of ether oxygens (including phenoxy) is 1. The second-order valence-corrected chi connectivity index (χ2v) is 12.2. The van der Waals surface area contributed by atoms with Gasteiger partial charge >= 0.3 is 0 Å². The molecule has 2 aromatic carbocycles. The molecule has 0 bridgehead atoms. The molecule has 0 spiro atoms. The topological polar surface area (TPSA) is 127 Å². The highest BCUT2D eigenvalue weighted by atomic mass is 35.5. The Labute approximate surface area is 259 Å². The molecule has 1 saturated carbocycles. The lowest BCUT2D eigenvalue weighted by atomic mass is 9.95. The maximum absolute atomic E-state index is 14.4. The molecule has 3 amide bonds. The van der Waals surface area contributed by atoms with Crippen molar-refractivity contribution in [3.8, 4) is 0 Å². The zero-order chi connectivity index (χ0) is 30.5. The number of nitrogens with one attached hydrogen (secondary N) is 2. The largest absolute Gasteiger partial charge is 0.395 e. The van der Waals surface area contributed by atoms with Gasteiger partial charge in [-0.3, -0.25) is 19.3 Å². The van der Waals surface area contributed by atoms with Gasteiger partial charge in [-0.25, -0.2) is 4.39 Å². The minimum atomic E-state index is -1.18. The third kappa shape index (κ3) is 7.17. The van der Waals surface area contributed by atoms with Crippen molar-refractivity contribution in [3.05, 3.63) is 75.0 Å². The van der Waals surface area contributed by atoms with E-state index in [-0.39, 0.29) is 45.7 Å². The molecule has 9 nitrogen and oxygen atoms in total. The number of nitrogens with zero attached hydrogens (tertiary/aromatic N) is 2. The predicted molar refractivity (Wildman–Crippen MR) is 165 cm³/mol. The molecule has 2 heterocycles. The fourth-order valence-corrected chi connectivity index (χ4v) is 6.44. The van der Waals surface area contributed by atoms with E-state index < -0.39 is 29.6 Å². The molecule has 228 valence electrons. The smallest absolute Gasteiger partial charge is 0.273 e. The van der Waals surface area contributed by atoms with E-state index in [9.17, 15) is 18.8 Å². The maximum atomic E-state index is 14.4. The lowest BCUT2D eigenvalue weighted by Gasteiger charge is -2.32. The highest BCUT2D eigenvalue weighted by Crippen LogP contribution is 2.35. The van der Waals surface area contributed by atoms with E-state index in [0.717, 1.165) is 68.1 Å². The SMILES string of the molecule is Cc1ccc([C@H](C(=O)NC[C@H]2CCCO2)N(C(=O)c2snc(C(=O)NC3CCCCC3)c2N)c2ccc(F)c(Cl)c2)cc1. The van der Waals surface area contributed by atoms with Crippen LogP contribution in [0.3, 0.4) is 0 Å². The standard InChI is InChI=1S/C31H35ClFN5O4S/c1-18-9-11-19(12-10-18)27(30(40)35-17-22-8-5-15-42-22)38(21-13-14-24(33)23(32)16-21)31(41)28-25(34)26(37-43-28)29(39)36-20-6-3-2-4-7-20/h9-14,16,20,22,27H,2-8,15,17,34H2,1H3,(H,35,40)(H,36,39)/t22-,27-/m1/s1. The van der Waals surface area contributed by atoms with Crippen LogP contribution in [0.1, 0.15) is 82.3 Å². The first-order chi connectivity index (χ1) is 20.7. The number of carbonyl (C=O) groups excluding carboxylic acids is 3. The number of nitrogen functional groups attached to an aromatic ring is 1. The Balaban J connectivity index is 1.52. The predicted octanol–water partition coefficient (Wildman–Crippen LogP) is 5.57. The van der Waals surface area contributed by atoms with Crippen LogP contribution >= 0.6 is 23.1 Å². The zero-order valence-electron chi connectivity index (χ0n) is 23.9. The van der Waals surface area contributed by atoms with Crippen molar-refractivity contribution in [2.75, 3.05) is 23.8 Å². The fraction of sp³-hybridized carbons (Fsp3) is 0.419. The summed E-state index contributed by atoms with van der Waals surface area (Å²) in [5.41, 5.74) is 7.93. The molecule has 5 rings (SSSR count). The second-order valence-electron chi connectivity index (χ2n) is 11.0. The Bertz CT molecular complexity index is 1470. The van der Waals surface area contributed by atoms with E-state index in [2.05, 4.69) is 15.0 Å². The van der Waals surface area contributed by atoms with E-state index in [1.807, 2.05) is 19.1 Å². The molecule has 0 radical (unpaired) electrons. The molecule has 2 aliphatic rings. The summed E-state index contributed by atoms with van der Waals surface area (Å²) < 4.78 is 24.2. The number of benzene rings is 2. The van der Waals surface area contributed by atoms with Crippen molar-refractivity contribution in [1.82, 2.24) is 15.0 Å². The number of carbonyl (C=O) groups is 3. The normalized spacial score (nSPS) is 17.8. The Morgan fingerprint density at radius 1 is 1.12 bits per heavy atom. The van der Waals surface area contributed by atoms with Gasteiger partial charge in [-0.1, -0.05) is 60.7 Å². The molecular weight excluding hydrogens is 593 g/mol. The number of aryl methyl sites for hydroxylation is 1. The van der Waals surface area contributed by atoms with Crippen LogP contribution in [0.25, 0.3) is 0 Å². The number of nitrogens with two attached hydrogens (primary N) is 1. The lowest BCUT2D eigenvalue weighted by Crippen LogP contribution is -2.45. The van der Waals surface area contributed by atoms with Gasteiger partial charge in [0, 0.05) is 24.9 Å². The maximum Gasteiger partial charge on any atom is 0.273 e. The summed E-state index contributed by atoms with van der Waals surface area (Å²) in [5, 5.41) is 5.70. The van der Waals surface area contributed by atoms with Gasteiger partial charge in [0.25, 0.3) is 11.8 Å². The van der Waals surface area contributed by atoms with E-state index in [4.69, 9.17) is 22.1 Å². The second kappa shape index (κ2) is 13.8. The molecule has 0 unspecified atom stereocenters. The average Bonchev–Trinajstić information content (AvgIpc) is 3.67. The van der Waals surface area contributed by atoms with E-state index in [1.54, 1.807) is 12.1 Å². The highest BCUT2D eigenvalue weighted by molar-refractivity contribution is 7.09. The minimum Gasteiger partial charge on any atom is -0.395 e. The molecule has 1 aliphatic carbocycles. The van der Waals surface area contributed by atoms with Crippen LogP contribution < -0.4 is 21.3 Å². The van der Waals surface area contributed by atoms with Crippen molar-refractivity contribution in [2.45, 2.75) is 70.1 Å². The van der Waals surface area contributed by atoms with E-state index >= 15 is 0 Å². The Morgan fingerprint density at radius 3 is 2.53 bits per heavy atom. The first-order valence-corrected chi connectivity index (χ1v) is 15.7. The summed E-state index contributed by atoms with van der Waals surface area (Å²) in [4.78, 5) is 42.6. The van der Waals surface area contributed by atoms with Crippen LogP contribution in [0.5, 0.6) is 0 Å². The van der Waals surface area contributed by atoms with Gasteiger partial charge in [-0.2, -0.15) is 4.37 Å². The summed E-state index contributed by atoms with van der Waals surface area (Å²) >= 11 is 6.94. The number of halogens is 2. The van der Waals surface area contributed by atoms with Crippen LogP contribution in [-0.4, -0.2) is 47.4 Å². The molecule has 1 saturated heterocycles. The van der Waals surface area contributed by atoms with Crippen molar-refractivity contribution in [2.24, 2.45) is 0 Å². The van der Waals surface area contributed by atoms with E-state index in [0.29, 0.717) is 12.2 Å². The van der Waals surface area contributed by atoms with E-state index in [1.165, 1.54) is 17.0 Å². The third-order valence-electron chi connectivity index (χ3n) is 7.91. The Kier molecular flexibility index (Phi) is 9.94. The molecule has 1 aliphatic heterocycles. The van der Waals surface area contributed by atoms with Gasteiger partial charge in [-0.15, -0.1) is 0 Å². The number of hydrogen-bond acceptors (Lipinski definition) is 7. The van der Waals surface area contributed by atoms with Gasteiger partial charge in [-0.05, 0) is 67.9 Å². The first-order valence-electron chi connectivity index (χ1n) is 14.5. The van der Waals surface area contributed by atoms with Gasteiger partial charge in [0.2, 0.25) is 5.91 Å². The third-order valence-corrected chi connectivity index (χ3v) is 9.05. The fourth-order valence-electron chi connectivity index (χ4n) is 5.53. The molecule has 12 heteroatoms. The number of hydrogen-bond donors (Lipinski definition) is 3. The van der Waals surface area contributed by atoms with Gasteiger partial charge < -0.3 is 21.1 Å². The zero-order valence-corrected chi connectivity index (χ0v) is 25.5. The summed E-state index contributed by atoms with van der Waals surface area (Å²) in [6.07, 6.45) is 6.54. The summed E-state index contributed by atoms with van der Waals surface area (Å²) in [7, 11) is 0. The number of aromatic nitrogens is 1. The lowest BCUT2D eigenvalue weighted by molar-refractivity contribution is -0.123.